The van der Waals surface area contributed by atoms with Crippen LogP contribution in [0.3, 0.4) is 0 Å². The van der Waals surface area contributed by atoms with E-state index in [9.17, 15) is 9.59 Å². The SMILES string of the molecule is CC(NC(=O)c1cc(Oc2ccc(C#N)cc2)ccc1CCC(=O)O)c1cccc2ccccc12. The van der Waals surface area contributed by atoms with E-state index in [1.54, 1.807) is 42.5 Å². The van der Waals surface area contributed by atoms with Gasteiger partial charge in [0.1, 0.15) is 11.5 Å². The van der Waals surface area contributed by atoms with E-state index >= 15 is 0 Å². The second kappa shape index (κ2) is 10.5. The number of nitriles is 1. The molecule has 2 N–H and O–H groups in total. The first kappa shape index (κ1) is 23.5. The molecular weight excluding hydrogens is 440 g/mol. The van der Waals surface area contributed by atoms with Crippen molar-refractivity contribution in [3.8, 4) is 17.6 Å². The van der Waals surface area contributed by atoms with Crippen molar-refractivity contribution >= 4 is 22.6 Å². The summed E-state index contributed by atoms with van der Waals surface area (Å²) >= 11 is 0. The average molecular weight is 465 g/mol. The minimum Gasteiger partial charge on any atom is -0.481 e. The Kier molecular flexibility index (Phi) is 7.08. The number of carboxylic acid groups (broad SMARTS) is 1. The molecule has 35 heavy (non-hydrogen) atoms. The third-order valence-corrected chi connectivity index (χ3v) is 5.79. The lowest BCUT2D eigenvalue weighted by atomic mass is 9.98. The van der Waals surface area contributed by atoms with E-state index in [0.717, 1.165) is 16.3 Å². The Morgan fingerprint density at radius 1 is 0.971 bits per heavy atom. The number of ether oxygens (including phenoxy) is 1. The van der Waals surface area contributed by atoms with E-state index in [-0.39, 0.29) is 24.8 Å². The molecule has 6 heteroatoms. The third kappa shape index (κ3) is 5.66. The Morgan fingerprint density at radius 2 is 1.69 bits per heavy atom. The van der Waals surface area contributed by atoms with Crippen LogP contribution in [0.2, 0.25) is 0 Å². The zero-order chi connectivity index (χ0) is 24.8. The second-order valence-electron chi connectivity index (χ2n) is 8.21. The van der Waals surface area contributed by atoms with Crippen molar-refractivity contribution in [1.29, 1.82) is 5.26 Å². The van der Waals surface area contributed by atoms with Gasteiger partial charge in [-0.15, -0.1) is 0 Å². The highest BCUT2D eigenvalue weighted by atomic mass is 16.5. The molecule has 0 saturated carbocycles. The topological polar surface area (TPSA) is 99.4 Å². The minimum atomic E-state index is -0.932. The Hall–Kier alpha value is -4.63. The van der Waals surface area contributed by atoms with Gasteiger partial charge in [-0.05, 0) is 71.6 Å². The summed E-state index contributed by atoms with van der Waals surface area (Å²) in [5, 5.41) is 23.3. The lowest BCUT2D eigenvalue weighted by Gasteiger charge is -2.18. The van der Waals surface area contributed by atoms with E-state index in [0.29, 0.717) is 28.2 Å². The number of hydrogen-bond donors (Lipinski definition) is 2. The molecule has 0 aliphatic carbocycles. The van der Waals surface area contributed by atoms with Gasteiger partial charge in [0, 0.05) is 12.0 Å². The molecule has 0 fully saturated rings. The van der Waals surface area contributed by atoms with Crippen LogP contribution < -0.4 is 10.1 Å². The van der Waals surface area contributed by atoms with E-state index in [2.05, 4.69) is 11.4 Å². The van der Waals surface area contributed by atoms with Gasteiger partial charge in [-0.1, -0.05) is 48.5 Å². The third-order valence-electron chi connectivity index (χ3n) is 5.79. The maximum absolute atomic E-state index is 13.4. The van der Waals surface area contributed by atoms with Crippen molar-refractivity contribution in [1.82, 2.24) is 5.32 Å². The van der Waals surface area contributed by atoms with Crippen molar-refractivity contribution in [2.24, 2.45) is 0 Å². The van der Waals surface area contributed by atoms with Crippen LogP contribution in [0, 0.1) is 11.3 Å². The molecule has 1 amide bonds. The predicted molar refractivity (Wildman–Crippen MR) is 133 cm³/mol. The fourth-order valence-corrected chi connectivity index (χ4v) is 4.00. The van der Waals surface area contributed by atoms with Gasteiger partial charge in [0.15, 0.2) is 0 Å². The predicted octanol–water partition coefficient (Wildman–Crippen LogP) is 6.01. The number of amides is 1. The first-order valence-electron chi connectivity index (χ1n) is 11.3. The van der Waals surface area contributed by atoms with Crippen LogP contribution >= 0.6 is 0 Å². The molecule has 1 atom stereocenters. The Labute approximate surface area is 203 Å². The Bertz CT molecular complexity index is 1420. The molecule has 0 aromatic heterocycles. The molecule has 174 valence electrons. The number of nitrogens with one attached hydrogen (secondary N) is 1. The molecule has 4 aromatic rings. The number of hydrogen-bond acceptors (Lipinski definition) is 4. The first-order valence-corrected chi connectivity index (χ1v) is 11.3. The molecule has 4 rings (SSSR count). The van der Waals surface area contributed by atoms with Gasteiger partial charge in [0.25, 0.3) is 5.91 Å². The van der Waals surface area contributed by atoms with Gasteiger partial charge in [-0.2, -0.15) is 5.26 Å². The summed E-state index contributed by atoms with van der Waals surface area (Å²) in [6, 6.07) is 27.5. The van der Waals surface area contributed by atoms with Gasteiger partial charge in [0.05, 0.1) is 17.7 Å². The zero-order valence-corrected chi connectivity index (χ0v) is 19.2. The lowest BCUT2D eigenvalue weighted by Crippen LogP contribution is -2.27. The highest BCUT2D eigenvalue weighted by molar-refractivity contribution is 5.97. The fourth-order valence-electron chi connectivity index (χ4n) is 4.00. The number of carbonyl (C=O) groups excluding carboxylic acids is 1. The van der Waals surface area contributed by atoms with Crippen LogP contribution in [0.1, 0.15) is 46.4 Å². The average Bonchev–Trinajstić information content (AvgIpc) is 2.87. The van der Waals surface area contributed by atoms with E-state index in [1.165, 1.54) is 0 Å². The number of benzene rings is 4. The number of rotatable bonds is 8. The maximum Gasteiger partial charge on any atom is 0.303 e. The summed E-state index contributed by atoms with van der Waals surface area (Å²) in [6.07, 6.45) is 0.132. The molecule has 0 spiro atoms. The minimum absolute atomic E-state index is 0.0883. The summed E-state index contributed by atoms with van der Waals surface area (Å²) in [6.45, 7) is 1.92. The summed E-state index contributed by atoms with van der Waals surface area (Å²) in [5.74, 6) is -0.274. The normalized spacial score (nSPS) is 11.4. The fraction of sp³-hybridized carbons (Fsp3) is 0.138. The van der Waals surface area contributed by atoms with Crippen LogP contribution in [0.25, 0.3) is 10.8 Å². The van der Waals surface area contributed by atoms with Gasteiger partial charge in [-0.25, -0.2) is 0 Å². The van der Waals surface area contributed by atoms with Crippen LogP contribution in [-0.4, -0.2) is 17.0 Å². The molecule has 0 bridgehead atoms. The summed E-state index contributed by atoms with van der Waals surface area (Å²) in [5.41, 5.74) is 2.50. The van der Waals surface area contributed by atoms with Crippen LogP contribution in [0.15, 0.2) is 84.9 Å². The lowest BCUT2D eigenvalue weighted by molar-refractivity contribution is -0.136. The highest BCUT2D eigenvalue weighted by Crippen LogP contribution is 2.27. The number of carboxylic acids is 1. The first-order chi connectivity index (χ1) is 16.9. The van der Waals surface area contributed by atoms with Crippen LogP contribution in [-0.2, 0) is 11.2 Å². The Balaban J connectivity index is 1.61. The number of carbonyl (C=O) groups is 2. The van der Waals surface area contributed by atoms with Gasteiger partial charge >= 0.3 is 5.97 Å². The number of aliphatic carboxylic acids is 1. The van der Waals surface area contributed by atoms with Gasteiger partial charge in [-0.3, -0.25) is 9.59 Å². The largest absolute Gasteiger partial charge is 0.481 e. The highest BCUT2D eigenvalue weighted by Gasteiger charge is 2.18. The monoisotopic (exact) mass is 464 g/mol. The molecule has 0 heterocycles. The van der Waals surface area contributed by atoms with Crippen molar-refractivity contribution < 1.29 is 19.4 Å². The van der Waals surface area contributed by atoms with Crippen molar-refractivity contribution in [3.63, 3.8) is 0 Å². The van der Waals surface area contributed by atoms with Crippen LogP contribution in [0.4, 0.5) is 0 Å². The number of aryl methyl sites for hydroxylation is 1. The molecule has 0 aliphatic heterocycles. The van der Waals surface area contributed by atoms with Gasteiger partial charge in [0.2, 0.25) is 0 Å². The van der Waals surface area contributed by atoms with E-state index in [1.807, 2.05) is 49.4 Å². The molecule has 0 aliphatic rings. The summed E-state index contributed by atoms with van der Waals surface area (Å²) < 4.78 is 5.89. The quantitative estimate of drug-likeness (QED) is 0.333. The van der Waals surface area contributed by atoms with Crippen molar-refractivity contribution in [3.05, 3.63) is 107 Å². The number of nitrogens with zero attached hydrogens (tertiary/aromatic N) is 1. The Morgan fingerprint density at radius 3 is 2.43 bits per heavy atom. The number of fused-ring (bicyclic) bond motifs is 1. The maximum atomic E-state index is 13.4. The van der Waals surface area contributed by atoms with Gasteiger partial charge < -0.3 is 15.2 Å². The smallest absolute Gasteiger partial charge is 0.303 e. The van der Waals surface area contributed by atoms with Crippen molar-refractivity contribution in [2.45, 2.75) is 25.8 Å². The molecular formula is C29H24N2O4. The molecule has 4 aromatic carbocycles. The van der Waals surface area contributed by atoms with Crippen molar-refractivity contribution in [2.75, 3.05) is 0 Å². The molecule has 0 radical (unpaired) electrons. The second-order valence-corrected chi connectivity index (χ2v) is 8.21. The van der Waals surface area contributed by atoms with Crippen LogP contribution in [0.5, 0.6) is 11.5 Å². The summed E-state index contributed by atoms with van der Waals surface area (Å²) in [7, 11) is 0. The standard InChI is InChI=1S/C29H24N2O4/c1-19(25-8-4-6-21-5-2-3-7-26(21)25)31-29(34)27-17-24(15-11-22(27)12-16-28(32)33)35-23-13-9-20(18-30)10-14-23/h2-11,13-15,17,19H,12,16H2,1H3,(H,31,34)(H,32,33). The summed E-state index contributed by atoms with van der Waals surface area (Å²) in [4.78, 5) is 24.5. The van der Waals surface area contributed by atoms with E-state index < -0.39 is 5.97 Å². The molecule has 0 saturated heterocycles. The van der Waals surface area contributed by atoms with E-state index in [4.69, 9.17) is 15.1 Å². The zero-order valence-electron chi connectivity index (χ0n) is 19.2. The molecule has 6 nitrogen and oxygen atoms in total. The molecule has 1 unspecified atom stereocenters.